The fourth-order valence-corrected chi connectivity index (χ4v) is 9.31. The van der Waals surface area contributed by atoms with Gasteiger partial charge in [-0.05, 0) is 73.3 Å². The molecule has 4 nitrogen and oxygen atoms in total. The van der Waals surface area contributed by atoms with Gasteiger partial charge in [0.2, 0.25) is 0 Å². The first kappa shape index (κ1) is 38.5. The molecule has 2 saturated carbocycles. The van der Waals surface area contributed by atoms with E-state index in [0.29, 0.717) is 35.5 Å². The van der Waals surface area contributed by atoms with Crippen LogP contribution < -0.4 is 0 Å². The summed E-state index contributed by atoms with van der Waals surface area (Å²) in [6, 6.07) is -1.04. The predicted octanol–water partition coefficient (Wildman–Crippen LogP) is 13.0. The van der Waals surface area contributed by atoms with Crippen molar-refractivity contribution in [2.45, 2.75) is 189 Å². The molecule has 0 bridgehead atoms. The van der Waals surface area contributed by atoms with E-state index in [2.05, 4.69) is 102 Å². The molecule has 276 valence electrons. The average molecular weight is 675 g/mol. The lowest BCUT2D eigenvalue weighted by Crippen LogP contribution is -2.61. The number of rotatable bonds is 10. The first-order valence-electron chi connectivity index (χ1n) is 21.1. The Morgan fingerprint density at radius 1 is 0.510 bits per heavy atom. The fraction of sp³-hybridized carbons (Fsp3) is 0.778. The van der Waals surface area contributed by atoms with Crippen molar-refractivity contribution in [2.24, 2.45) is 35.5 Å². The van der Waals surface area contributed by atoms with E-state index in [-0.39, 0.29) is 12.2 Å². The minimum atomic E-state index is -1.04. The van der Waals surface area contributed by atoms with Crippen LogP contribution in [0, 0.1) is 35.5 Å². The predicted molar refractivity (Wildman–Crippen MR) is 207 cm³/mol. The third-order valence-electron chi connectivity index (χ3n) is 12.3. The lowest BCUT2D eigenvalue weighted by Gasteiger charge is -2.52. The number of hydrogen-bond donors (Lipinski definition) is 0. The summed E-state index contributed by atoms with van der Waals surface area (Å²) in [7, 11) is 0. The van der Waals surface area contributed by atoms with Gasteiger partial charge in [0, 0.05) is 35.6 Å². The quantitative estimate of drug-likeness (QED) is 0.215. The van der Waals surface area contributed by atoms with Gasteiger partial charge in [-0.15, -0.1) is 0 Å². The molecule has 49 heavy (non-hydrogen) atoms. The lowest BCUT2D eigenvalue weighted by molar-refractivity contribution is -0.381. The summed E-state index contributed by atoms with van der Waals surface area (Å²) >= 11 is 0. The summed E-state index contributed by atoms with van der Waals surface area (Å²) in [4.78, 5) is 5.13. The van der Waals surface area contributed by atoms with E-state index in [1.165, 1.54) is 99.6 Å². The highest BCUT2D eigenvalue weighted by molar-refractivity contribution is 5.39. The number of nitrogens with zero attached hydrogens (tertiary/aromatic N) is 2. The van der Waals surface area contributed by atoms with Crippen LogP contribution in [0.5, 0.6) is 0 Å². The van der Waals surface area contributed by atoms with Crippen LogP contribution in [0.2, 0.25) is 0 Å². The number of ether oxygens (including phenoxy) is 2. The van der Waals surface area contributed by atoms with Crippen molar-refractivity contribution in [3.63, 3.8) is 0 Å². The third kappa shape index (κ3) is 9.18. The van der Waals surface area contributed by atoms with Gasteiger partial charge in [0.05, 0.1) is 12.2 Å². The largest absolute Gasteiger partial charge is 0.351 e. The van der Waals surface area contributed by atoms with Crippen molar-refractivity contribution < 1.29 is 9.47 Å². The standard InChI is InChI=1S/C45H74N2O2/c1-33(2)39-27-21-28-40(34(3)4)43(39)46-31-32-47(44-41(35(5)6)29-22-30-42(44)36(7)8)45(46,48-37-23-17-13-9-10-14-18-24-37)49-38-25-19-15-11-12-16-20-26-38/h21-22,27,29,31-38,40,42H,9-20,23-26,28,30H2,1-8H3. The van der Waals surface area contributed by atoms with Crippen LogP contribution in [0.3, 0.4) is 0 Å². The molecule has 0 spiro atoms. The highest BCUT2D eigenvalue weighted by Crippen LogP contribution is 2.50. The Kier molecular flexibility index (Phi) is 14.2. The average Bonchev–Trinajstić information content (AvgIpc) is 3.53. The SMILES string of the molecule is CC(C)C1=C(N2C=CN(C3=C(C(C)C)C=CCC3C(C)C)C2(OC2CCCCCCCC2)OC2CCCCCCCC2)C(C(C)C)CC=C1. The van der Waals surface area contributed by atoms with Crippen molar-refractivity contribution in [3.8, 4) is 0 Å². The second kappa shape index (κ2) is 18.1. The van der Waals surface area contributed by atoms with E-state index in [1.807, 2.05) is 0 Å². The van der Waals surface area contributed by atoms with Gasteiger partial charge in [0.25, 0.3) is 0 Å². The highest BCUT2D eigenvalue weighted by Gasteiger charge is 2.55. The van der Waals surface area contributed by atoms with Gasteiger partial charge >= 0.3 is 6.03 Å². The molecular weight excluding hydrogens is 601 g/mol. The molecule has 0 aromatic rings. The smallest absolute Gasteiger partial charge is 0.311 e. The van der Waals surface area contributed by atoms with Gasteiger partial charge in [-0.2, -0.15) is 0 Å². The first-order chi connectivity index (χ1) is 23.6. The van der Waals surface area contributed by atoms with Crippen molar-refractivity contribution in [1.82, 2.24) is 9.80 Å². The van der Waals surface area contributed by atoms with E-state index in [1.54, 1.807) is 0 Å². The molecule has 0 aromatic heterocycles. The van der Waals surface area contributed by atoms with Crippen molar-refractivity contribution in [2.75, 3.05) is 0 Å². The van der Waals surface area contributed by atoms with Crippen molar-refractivity contribution in [3.05, 3.63) is 59.2 Å². The highest BCUT2D eigenvalue weighted by atomic mass is 16.8. The Hall–Kier alpha value is -1.78. The van der Waals surface area contributed by atoms with Crippen LogP contribution in [0.25, 0.3) is 0 Å². The van der Waals surface area contributed by atoms with Gasteiger partial charge in [-0.1, -0.05) is 157 Å². The van der Waals surface area contributed by atoms with Gasteiger partial charge in [0.15, 0.2) is 0 Å². The topological polar surface area (TPSA) is 24.9 Å². The van der Waals surface area contributed by atoms with E-state index < -0.39 is 6.03 Å². The van der Waals surface area contributed by atoms with Gasteiger partial charge < -0.3 is 9.47 Å². The molecule has 0 amide bonds. The summed E-state index contributed by atoms with van der Waals surface area (Å²) in [6.07, 6.45) is 37.1. The Morgan fingerprint density at radius 2 is 0.837 bits per heavy atom. The number of allylic oxidation sites excluding steroid dienone is 8. The Labute approximate surface area is 302 Å². The van der Waals surface area contributed by atoms with E-state index in [4.69, 9.17) is 9.47 Å². The normalized spacial score (nSPS) is 26.9. The van der Waals surface area contributed by atoms with E-state index in [9.17, 15) is 0 Å². The van der Waals surface area contributed by atoms with E-state index in [0.717, 1.165) is 38.5 Å². The maximum absolute atomic E-state index is 7.93. The Morgan fingerprint density at radius 3 is 1.14 bits per heavy atom. The van der Waals surface area contributed by atoms with Crippen LogP contribution in [0.1, 0.15) is 171 Å². The zero-order chi connectivity index (χ0) is 35.0. The van der Waals surface area contributed by atoms with Gasteiger partial charge in [0.1, 0.15) is 0 Å². The lowest BCUT2D eigenvalue weighted by atomic mass is 9.80. The summed E-state index contributed by atoms with van der Waals surface area (Å²) in [5.41, 5.74) is 5.74. The first-order valence-corrected chi connectivity index (χ1v) is 21.1. The molecule has 2 unspecified atom stereocenters. The zero-order valence-electron chi connectivity index (χ0n) is 33.0. The van der Waals surface area contributed by atoms with Crippen LogP contribution in [-0.2, 0) is 9.47 Å². The summed E-state index contributed by atoms with van der Waals surface area (Å²) in [5.74, 6) is 2.66. The molecule has 4 aliphatic carbocycles. The molecule has 2 atom stereocenters. The molecule has 1 heterocycles. The monoisotopic (exact) mass is 675 g/mol. The Balaban J connectivity index is 1.75. The van der Waals surface area contributed by atoms with Crippen LogP contribution in [0.15, 0.2) is 59.2 Å². The molecule has 2 fully saturated rings. The molecule has 0 saturated heterocycles. The second-order valence-electron chi connectivity index (χ2n) is 17.4. The summed E-state index contributed by atoms with van der Waals surface area (Å²) < 4.78 is 15.9. The fourth-order valence-electron chi connectivity index (χ4n) is 9.31. The van der Waals surface area contributed by atoms with Crippen LogP contribution in [0.4, 0.5) is 0 Å². The summed E-state index contributed by atoms with van der Waals surface area (Å²) in [6.45, 7) is 19.2. The molecule has 0 N–H and O–H groups in total. The zero-order valence-corrected chi connectivity index (χ0v) is 33.0. The Bertz CT molecular complexity index is 1090. The molecule has 4 heteroatoms. The maximum atomic E-state index is 7.93. The van der Waals surface area contributed by atoms with Gasteiger partial charge in [-0.3, -0.25) is 9.80 Å². The molecule has 0 aromatic carbocycles. The molecule has 0 radical (unpaired) electrons. The number of hydrogen-bond acceptors (Lipinski definition) is 4. The second-order valence-corrected chi connectivity index (χ2v) is 17.4. The molecule has 1 aliphatic heterocycles. The van der Waals surface area contributed by atoms with Crippen LogP contribution >= 0.6 is 0 Å². The minimum absolute atomic E-state index is 0.166. The maximum Gasteiger partial charge on any atom is 0.351 e. The van der Waals surface area contributed by atoms with Crippen molar-refractivity contribution in [1.29, 1.82) is 0 Å². The van der Waals surface area contributed by atoms with Gasteiger partial charge in [-0.25, -0.2) is 0 Å². The molecule has 5 rings (SSSR count). The van der Waals surface area contributed by atoms with Crippen LogP contribution in [-0.4, -0.2) is 28.0 Å². The van der Waals surface area contributed by atoms with Crippen molar-refractivity contribution >= 4 is 0 Å². The molecular formula is C45H74N2O2. The van der Waals surface area contributed by atoms with E-state index >= 15 is 0 Å². The summed E-state index contributed by atoms with van der Waals surface area (Å²) in [5, 5.41) is 0. The third-order valence-corrected chi connectivity index (χ3v) is 12.3. The minimum Gasteiger partial charge on any atom is -0.311 e. The molecule has 5 aliphatic rings.